The van der Waals surface area contributed by atoms with E-state index in [9.17, 15) is 9.59 Å². The summed E-state index contributed by atoms with van der Waals surface area (Å²) in [5, 5.41) is 2.92. The van der Waals surface area contributed by atoms with Gasteiger partial charge in [0.25, 0.3) is 5.91 Å². The summed E-state index contributed by atoms with van der Waals surface area (Å²) in [6, 6.07) is 12.1. The SMILES string of the molecule is COc1ccc(N2C[C@H](NC(=O)c3ccc4c(c3)OCO4)CC2=O)cc1. The summed E-state index contributed by atoms with van der Waals surface area (Å²) in [5.41, 5.74) is 1.26. The molecule has 0 spiro atoms. The Labute approximate surface area is 150 Å². The molecule has 0 unspecified atom stereocenters. The highest BCUT2D eigenvalue weighted by atomic mass is 16.7. The first kappa shape index (κ1) is 16.3. The highest BCUT2D eigenvalue weighted by Crippen LogP contribution is 2.32. The lowest BCUT2D eigenvalue weighted by molar-refractivity contribution is -0.117. The molecule has 2 aromatic rings. The summed E-state index contributed by atoms with van der Waals surface area (Å²) >= 11 is 0. The minimum atomic E-state index is -0.248. The number of carbonyl (C=O) groups excluding carboxylic acids is 2. The first-order chi connectivity index (χ1) is 12.6. The Balaban J connectivity index is 1.42. The smallest absolute Gasteiger partial charge is 0.251 e. The van der Waals surface area contributed by atoms with Gasteiger partial charge >= 0.3 is 0 Å². The average molecular weight is 354 g/mol. The van der Waals surface area contributed by atoms with E-state index in [1.165, 1.54) is 0 Å². The second-order valence-corrected chi connectivity index (χ2v) is 6.14. The molecule has 134 valence electrons. The lowest BCUT2D eigenvalue weighted by atomic mass is 10.1. The first-order valence-electron chi connectivity index (χ1n) is 8.29. The fourth-order valence-electron chi connectivity index (χ4n) is 3.12. The molecule has 0 radical (unpaired) electrons. The van der Waals surface area contributed by atoms with Crippen LogP contribution in [0.3, 0.4) is 0 Å². The highest BCUT2D eigenvalue weighted by molar-refractivity contribution is 5.99. The number of carbonyl (C=O) groups is 2. The molecule has 2 aromatic carbocycles. The molecule has 1 atom stereocenters. The molecule has 1 saturated heterocycles. The van der Waals surface area contributed by atoms with Crippen LogP contribution in [0.4, 0.5) is 5.69 Å². The molecule has 0 aromatic heterocycles. The van der Waals surface area contributed by atoms with Crippen LogP contribution in [0.25, 0.3) is 0 Å². The summed E-state index contributed by atoms with van der Waals surface area (Å²) < 4.78 is 15.7. The van der Waals surface area contributed by atoms with Crippen LogP contribution in [0.2, 0.25) is 0 Å². The number of hydrogen-bond acceptors (Lipinski definition) is 5. The second-order valence-electron chi connectivity index (χ2n) is 6.14. The van der Waals surface area contributed by atoms with Crippen molar-refractivity contribution in [2.45, 2.75) is 12.5 Å². The van der Waals surface area contributed by atoms with E-state index in [2.05, 4.69) is 5.32 Å². The lowest BCUT2D eigenvalue weighted by Crippen LogP contribution is -2.37. The maximum atomic E-state index is 12.5. The molecule has 4 rings (SSSR count). The normalized spacial score (nSPS) is 18.1. The fraction of sp³-hybridized carbons (Fsp3) is 0.263. The van der Waals surface area contributed by atoms with Gasteiger partial charge in [0.1, 0.15) is 5.75 Å². The zero-order valence-corrected chi connectivity index (χ0v) is 14.2. The van der Waals surface area contributed by atoms with Gasteiger partial charge in [-0.1, -0.05) is 0 Å². The van der Waals surface area contributed by atoms with Crippen molar-refractivity contribution in [3.63, 3.8) is 0 Å². The number of methoxy groups -OCH3 is 1. The molecule has 1 N–H and O–H groups in total. The third-order valence-electron chi connectivity index (χ3n) is 4.48. The molecule has 1 fully saturated rings. The van der Waals surface area contributed by atoms with E-state index in [-0.39, 0.29) is 31.1 Å². The summed E-state index contributed by atoms with van der Waals surface area (Å²) in [6.07, 6.45) is 0.266. The predicted octanol–water partition coefficient (Wildman–Crippen LogP) is 1.96. The van der Waals surface area contributed by atoms with Crippen LogP contribution in [0, 0.1) is 0 Å². The molecule has 2 heterocycles. The van der Waals surface area contributed by atoms with E-state index in [1.54, 1.807) is 42.3 Å². The van der Waals surface area contributed by atoms with E-state index in [0.717, 1.165) is 11.4 Å². The number of ether oxygens (including phenoxy) is 3. The van der Waals surface area contributed by atoms with Crippen molar-refractivity contribution in [1.82, 2.24) is 5.32 Å². The number of anilines is 1. The Morgan fingerprint density at radius 1 is 1.15 bits per heavy atom. The van der Waals surface area contributed by atoms with Crippen molar-refractivity contribution >= 4 is 17.5 Å². The summed E-state index contributed by atoms with van der Waals surface area (Å²) in [7, 11) is 1.59. The van der Waals surface area contributed by atoms with E-state index < -0.39 is 0 Å². The minimum Gasteiger partial charge on any atom is -0.497 e. The number of nitrogens with zero attached hydrogens (tertiary/aromatic N) is 1. The molecular formula is C19H18N2O5. The van der Waals surface area contributed by atoms with Crippen LogP contribution in [-0.4, -0.2) is 38.3 Å². The van der Waals surface area contributed by atoms with Crippen molar-refractivity contribution in [3.8, 4) is 17.2 Å². The summed E-state index contributed by atoms with van der Waals surface area (Å²) in [6.45, 7) is 0.593. The third-order valence-corrected chi connectivity index (χ3v) is 4.48. The number of nitrogens with one attached hydrogen (secondary N) is 1. The number of benzene rings is 2. The quantitative estimate of drug-likeness (QED) is 0.908. The van der Waals surface area contributed by atoms with E-state index in [4.69, 9.17) is 14.2 Å². The topological polar surface area (TPSA) is 77.1 Å². The summed E-state index contributed by atoms with van der Waals surface area (Å²) in [4.78, 5) is 26.5. The van der Waals surface area contributed by atoms with Gasteiger partial charge < -0.3 is 24.4 Å². The third kappa shape index (κ3) is 3.03. The molecule has 2 aliphatic heterocycles. The Morgan fingerprint density at radius 2 is 1.92 bits per heavy atom. The standard InChI is InChI=1S/C19H18N2O5/c1-24-15-5-3-14(4-6-15)21-10-13(9-18(21)22)20-19(23)12-2-7-16-17(8-12)26-11-25-16/h2-8,13H,9-11H2,1H3,(H,20,23)/t13-/m1/s1. The van der Waals surface area contributed by atoms with Gasteiger partial charge in [-0.05, 0) is 42.5 Å². The molecule has 0 saturated carbocycles. The van der Waals surface area contributed by atoms with Gasteiger partial charge in [0.2, 0.25) is 12.7 Å². The van der Waals surface area contributed by atoms with Crippen molar-refractivity contribution in [2.75, 3.05) is 25.3 Å². The van der Waals surface area contributed by atoms with E-state index in [1.807, 2.05) is 12.1 Å². The highest BCUT2D eigenvalue weighted by Gasteiger charge is 2.32. The van der Waals surface area contributed by atoms with Crippen molar-refractivity contribution in [1.29, 1.82) is 0 Å². The average Bonchev–Trinajstić information content (AvgIpc) is 3.27. The molecule has 26 heavy (non-hydrogen) atoms. The maximum absolute atomic E-state index is 12.5. The molecule has 2 amide bonds. The zero-order chi connectivity index (χ0) is 18.1. The molecular weight excluding hydrogens is 336 g/mol. The second kappa shape index (κ2) is 6.59. The first-order valence-corrected chi connectivity index (χ1v) is 8.29. The molecule has 0 aliphatic carbocycles. The fourth-order valence-corrected chi connectivity index (χ4v) is 3.12. The lowest BCUT2D eigenvalue weighted by Gasteiger charge is -2.17. The Morgan fingerprint density at radius 3 is 2.69 bits per heavy atom. The Kier molecular flexibility index (Phi) is 4.12. The van der Waals surface area contributed by atoms with Crippen LogP contribution < -0.4 is 24.4 Å². The predicted molar refractivity (Wildman–Crippen MR) is 93.8 cm³/mol. The minimum absolute atomic E-state index is 0.0221. The van der Waals surface area contributed by atoms with Crippen molar-refractivity contribution in [2.24, 2.45) is 0 Å². The summed E-state index contributed by atoms with van der Waals surface area (Å²) in [5.74, 6) is 1.65. The van der Waals surface area contributed by atoms with Crippen LogP contribution >= 0.6 is 0 Å². The number of fused-ring (bicyclic) bond motifs is 1. The molecule has 2 aliphatic rings. The Hall–Kier alpha value is -3.22. The largest absolute Gasteiger partial charge is 0.497 e. The van der Waals surface area contributed by atoms with Crippen LogP contribution in [0.15, 0.2) is 42.5 Å². The van der Waals surface area contributed by atoms with Gasteiger partial charge in [0.05, 0.1) is 13.2 Å². The van der Waals surface area contributed by atoms with Gasteiger partial charge in [0.15, 0.2) is 11.5 Å². The number of rotatable bonds is 4. The molecule has 7 nitrogen and oxygen atoms in total. The van der Waals surface area contributed by atoms with E-state index in [0.29, 0.717) is 23.6 Å². The van der Waals surface area contributed by atoms with Gasteiger partial charge in [-0.25, -0.2) is 0 Å². The van der Waals surface area contributed by atoms with Crippen LogP contribution in [0.1, 0.15) is 16.8 Å². The maximum Gasteiger partial charge on any atom is 0.251 e. The number of amides is 2. The number of hydrogen-bond donors (Lipinski definition) is 1. The monoisotopic (exact) mass is 354 g/mol. The molecule has 7 heteroatoms. The van der Waals surface area contributed by atoms with Crippen molar-refractivity contribution < 1.29 is 23.8 Å². The van der Waals surface area contributed by atoms with Crippen molar-refractivity contribution in [3.05, 3.63) is 48.0 Å². The van der Waals surface area contributed by atoms with Gasteiger partial charge in [-0.2, -0.15) is 0 Å². The van der Waals surface area contributed by atoms with E-state index >= 15 is 0 Å². The van der Waals surface area contributed by atoms with Crippen LogP contribution in [0.5, 0.6) is 17.2 Å². The van der Waals surface area contributed by atoms with Gasteiger partial charge in [0, 0.05) is 24.2 Å². The Bertz CT molecular complexity index is 850. The van der Waals surface area contributed by atoms with Gasteiger partial charge in [-0.15, -0.1) is 0 Å². The molecule has 0 bridgehead atoms. The zero-order valence-electron chi connectivity index (χ0n) is 14.2. The van der Waals surface area contributed by atoms with Crippen LogP contribution in [-0.2, 0) is 4.79 Å². The van der Waals surface area contributed by atoms with Gasteiger partial charge in [-0.3, -0.25) is 9.59 Å².